The Morgan fingerprint density at radius 3 is 2.71 bits per heavy atom. The van der Waals surface area contributed by atoms with E-state index in [-0.39, 0.29) is 6.23 Å². The Hall–Kier alpha value is -0.770. The fourth-order valence-corrected chi connectivity index (χ4v) is 0.380. The number of hydrogen-bond acceptors (Lipinski definition) is 3. The van der Waals surface area contributed by atoms with Gasteiger partial charge in [0.2, 0.25) is 0 Å². The number of cyclic esters (lactones) is 1. The van der Waals surface area contributed by atoms with Gasteiger partial charge in [0.05, 0.1) is 0 Å². The minimum absolute atomic E-state index is 0.188. The van der Waals surface area contributed by atoms with Crippen LogP contribution in [0.3, 0.4) is 0 Å². The Labute approximate surface area is 40.8 Å². The molecule has 4 heteroatoms. The van der Waals surface area contributed by atoms with Gasteiger partial charge in [-0.3, -0.25) is 5.43 Å². The molecule has 0 aromatic carbocycles. The van der Waals surface area contributed by atoms with Crippen LogP contribution in [0.25, 0.3) is 0 Å². The minimum Gasteiger partial charge on any atom is -0.428 e. The van der Waals surface area contributed by atoms with E-state index in [1.165, 1.54) is 0 Å². The first-order chi connectivity index (χ1) is 3.29. The lowest BCUT2D eigenvalue weighted by Crippen LogP contribution is -2.29. The van der Waals surface area contributed by atoms with E-state index in [9.17, 15) is 4.79 Å². The van der Waals surface area contributed by atoms with Crippen molar-refractivity contribution < 1.29 is 9.53 Å². The lowest BCUT2D eigenvalue weighted by Gasteiger charge is -1.93. The average Bonchev–Trinajstić information content (AvgIpc) is 1.87. The highest BCUT2D eigenvalue weighted by Gasteiger charge is 2.15. The first-order valence-corrected chi connectivity index (χ1v) is 2.01. The predicted octanol–water partition coefficient (Wildman–Crippen LogP) is -0.423. The van der Waals surface area contributed by atoms with Crippen molar-refractivity contribution in [2.75, 3.05) is 0 Å². The standard InChI is InChI=1S/C3H6N2O2/c1-2-4-5-3(6)7-2/h2,4H,1H3,(H,5,6). The Balaban J connectivity index is 2.40. The summed E-state index contributed by atoms with van der Waals surface area (Å²) in [5.41, 5.74) is 4.81. The second kappa shape index (κ2) is 1.38. The third-order valence-electron chi connectivity index (χ3n) is 0.661. The maximum absolute atomic E-state index is 10.1. The van der Waals surface area contributed by atoms with E-state index >= 15 is 0 Å². The smallest absolute Gasteiger partial charge is 0.423 e. The molecule has 40 valence electrons. The lowest BCUT2D eigenvalue weighted by molar-refractivity contribution is 0.140. The first kappa shape index (κ1) is 4.39. The maximum atomic E-state index is 10.1. The Bertz CT molecular complexity index is 92.9. The summed E-state index contributed by atoms with van der Waals surface area (Å²) in [5, 5.41) is 0. The quantitative estimate of drug-likeness (QED) is 0.436. The topological polar surface area (TPSA) is 50.4 Å². The molecule has 1 heterocycles. The van der Waals surface area contributed by atoms with Gasteiger partial charge >= 0.3 is 6.09 Å². The number of ether oxygens (including phenoxy) is 1. The molecule has 1 rings (SSSR count). The van der Waals surface area contributed by atoms with Gasteiger partial charge in [-0.25, -0.2) is 4.79 Å². The molecule has 0 bridgehead atoms. The van der Waals surface area contributed by atoms with Crippen LogP contribution < -0.4 is 10.9 Å². The van der Waals surface area contributed by atoms with E-state index in [0.29, 0.717) is 0 Å². The van der Waals surface area contributed by atoms with Crippen molar-refractivity contribution in [2.45, 2.75) is 13.2 Å². The molecule has 1 aliphatic rings. The maximum Gasteiger partial charge on any atom is 0.423 e. The van der Waals surface area contributed by atoms with Crippen LogP contribution in [0.2, 0.25) is 0 Å². The molecule has 1 amide bonds. The zero-order chi connectivity index (χ0) is 5.28. The van der Waals surface area contributed by atoms with Crippen LogP contribution in [-0.2, 0) is 4.74 Å². The highest BCUT2D eigenvalue weighted by atomic mass is 16.6. The molecular formula is C3H6N2O2. The van der Waals surface area contributed by atoms with Gasteiger partial charge in [0, 0.05) is 0 Å². The van der Waals surface area contributed by atoms with Gasteiger partial charge in [-0.05, 0) is 6.92 Å². The van der Waals surface area contributed by atoms with Crippen molar-refractivity contribution in [3.63, 3.8) is 0 Å². The van der Waals surface area contributed by atoms with Crippen LogP contribution in [-0.4, -0.2) is 12.3 Å². The number of nitrogens with one attached hydrogen (secondary N) is 2. The van der Waals surface area contributed by atoms with Crippen LogP contribution in [0.5, 0.6) is 0 Å². The molecule has 0 aliphatic carbocycles. The Kier molecular flexibility index (Phi) is 0.867. The minimum atomic E-state index is -0.410. The van der Waals surface area contributed by atoms with Crippen LogP contribution in [0.15, 0.2) is 0 Å². The lowest BCUT2D eigenvalue weighted by atomic mass is 10.7. The molecule has 0 spiro atoms. The van der Waals surface area contributed by atoms with E-state index in [1.807, 2.05) is 0 Å². The van der Waals surface area contributed by atoms with Gasteiger partial charge in [0.25, 0.3) is 0 Å². The molecule has 0 saturated carbocycles. The molecule has 2 N–H and O–H groups in total. The Morgan fingerprint density at radius 1 is 1.86 bits per heavy atom. The summed E-state index contributed by atoms with van der Waals surface area (Å²) in [7, 11) is 0. The molecule has 0 aromatic rings. The van der Waals surface area contributed by atoms with Crippen molar-refractivity contribution >= 4 is 6.09 Å². The van der Waals surface area contributed by atoms with E-state index in [1.54, 1.807) is 6.92 Å². The second-order valence-electron chi connectivity index (χ2n) is 1.32. The van der Waals surface area contributed by atoms with E-state index in [2.05, 4.69) is 15.6 Å². The molecular weight excluding hydrogens is 96.0 g/mol. The first-order valence-electron chi connectivity index (χ1n) is 2.01. The molecule has 1 atom stereocenters. The molecule has 0 radical (unpaired) electrons. The molecule has 0 aromatic heterocycles. The second-order valence-corrected chi connectivity index (χ2v) is 1.32. The van der Waals surface area contributed by atoms with Crippen LogP contribution in [0.4, 0.5) is 4.79 Å². The highest BCUT2D eigenvalue weighted by Crippen LogP contribution is 1.89. The van der Waals surface area contributed by atoms with E-state index < -0.39 is 6.09 Å². The number of hydrazine groups is 1. The van der Waals surface area contributed by atoms with Gasteiger partial charge in [0.15, 0.2) is 6.23 Å². The third-order valence-corrected chi connectivity index (χ3v) is 0.661. The zero-order valence-electron chi connectivity index (χ0n) is 3.89. The summed E-state index contributed by atoms with van der Waals surface area (Å²) in [6, 6.07) is 0. The summed E-state index contributed by atoms with van der Waals surface area (Å²) in [6.07, 6.45) is -0.597. The SMILES string of the molecule is CC1NNC(=O)O1. The summed E-state index contributed by atoms with van der Waals surface area (Å²) >= 11 is 0. The fraction of sp³-hybridized carbons (Fsp3) is 0.667. The number of hydrogen-bond donors (Lipinski definition) is 2. The van der Waals surface area contributed by atoms with Crippen molar-refractivity contribution in [1.82, 2.24) is 10.9 Å². The number of carbonyl (C=O) groups excluding carboxylic acids is 1. The van der Waals surface area contributed by atoms with Gasteiger partial charge in [0.1, 0.15) is 0 Å². The highest BCUT2D eigenvalue weighted by molar-refractivity contribution is 5.68. The molecule has 7 heavy (non-hydrogen) atoms. The van der Waals surface area contributed by atoms with Crippen LogP contribution in [0.1, 0.15) is 6.92 Å². The van der Waals surface area contributed by atoms with Crippen molar-refractivity contribution in [3.8, 4) is 0 Å². The van der Waals surface area contributed by atoms with Gasteiger partial charge in [-0.15, -0.1) is 0 Å². The van der Waals surface area contributed by atoms with Crippen molar-refractivity contribution in [3.05, 3.63) is 0 Å². The average molecular weight is 102 g/mol. The van der Waals surface area contributed by atoms with Gasteiger partial charge in [-0.2, -0.15) is 5.43 Å². The monoisotopic (exact) mass is 102 g/mol. The number of rotatable bonds is 0. The molecule has 1 aliphatic heterocycles. The molecule has 1 fully saturated rings. The van der Waals surface area contributed by atoms with Crippen molar-refractivity contribution in [1.29, 1.82) is 0 Å². The summed E-state index contributed by atoms with van der Waals surface area (Å²) in [6.45, 7) is 1.73. The zero-order valence-corrected chi connectivity index (χ0v) is 3.89. The predicted molar refractivity (Wildman–Crippen MR) is 22.2 cm³/mol. The Morgan fingerprint density at radius 2 is 2.57 bits per heavy atom. The van der Waals surface area contributed by atoms with E-state index in [0.717, 1.165) is 0 Å². The van der Waals surface area contributed by atoms with Gasteiger partial charge < -0.3 is 4.74 Å². The number of carbonyl (C=O) groups is 1. The van der Waals surface area contributed by atoms with Gasteiger partial charge in [-0.1, -0.05) is 0 Å². The molecule has 1 saturated heterocycles. The largest absolute Gasteiger partial charge is 0.428 e. The third kappa shape index (κ3) is 0.806. The fourth-order valence-electron chi connectivity index (χ4n) is 0.380. The number of amides is 1. The summed E-state index contributed by atoms with van der Waals surface area (Å²) in [5.74, 6) is 0. The summed E-state index contributed by atoms with van der Waals surface area (Å²) < 4.78 is 4.50. The van der Waals surface area contributed by atoms with Crippen LogP contribution >= 0.6 is 0 Å². The van der Waals surface area contributed by atoms with E-state index in [4.69, 9.17) is 0 Å². The molecule has 1 unspecified atom stereocenters. The summed E-state index contributed by atoms with van der Waals surface area (Å²) in [4.78, 5) is 10.1. The van der Waals surface area contributed by atoms with Crippen molar-refractivity contribution in [2.24, 2.45) is 0 Å². The normalized spacial score (nSPS) is 29.3. The molecule has 4 nitrogen and oxygen atoms in total. The van der Waals surface area contributed by atoms with Crippen LogP contribution in [0, 0.1) is 0 Å².